The zero-order valence-corrected chi connectivity index (χ0v) is 12.1. The Balaban J connectivity index is 2.79. The minimum atomic E-state index is -3.57. The van der Waals surface area contributed by atoms with Crippen LogP contribution >= 0.6 is 23.4 Å². The molecule has 0 radical (unpaired) electrons. The molecule has 0 fully saturated rings. The first kappa shape index (κ1) is 14.8. The second kappa shape index (κ2) is 6.58. The van der Waals surface area contributed by atoms with Gasteiger partial charge in [-0.2, -0.15) is 11.8 Å². The van der Waals surface area contributed by atoms with Crippen LogP contribution in [0.3, 0.4) is 0 Å². The van der Waals surface area contributed by atoms with Crippen LogP contribution in [0.4, 0.5) is 0 Å². The van der Waals surface area contributed by atoms with E-state index in [-0.39, 0.29) is 16.0 Å². The van der Waals surface area contributed by atoms with E-state index in [0.717, 1.165) is 12.2 Å². The molecule has 4 nitrogen and oxygen atoms in total. The second-order valence-electron chi connectivity index (χ2n) is 3.61. The predicted octanol–water partition coefficient (Wildman–Crippen LogP) is 2.15. The number of halogens is 1. The maximum Gasteiger partial charge on any atom is 0.243 e. The highest BCUT2D eigenvalue weighted by Crippen LogP contribution is 2.19. The Morgan fingerprint density at radius 2 is 2.29 bits per heavy atom. The summed E-state index contributed by atoms with van der Waals surface area (Å²) in [6.07, 6.45) is 5.47. The van der Waals surface area contributed by atoms with E-state index in [1.165, 1.54) is 18.5 Å². The van der Waals surface area contributed by atoms with Crippen molar-refractivity contribution < 1.29 is 8.42 Å². The summed E-state index contributed by atoms with van der Waals surface area (Å²) in [6.45, 7) is 1.83. The summed E-state index contributed by atoms with van der Waals surface area (Å²) < 4.78 is 26.6. The molecular weight excluding hydrogens is 280 g/mol. The Hall–Kier alpha value is -0.300. The average molecular weight is 295 g/mol. The molecule has 0 aliphatic heterocycles. The molecule has 0 spiro atoms. The maximum atomic E-state index is 12.0. The van der Waals surface area contributed by atoms with Gasteiger partial charge >= 0.3 is 0 Å². The van der Waals surface area contributed by atoms with E-state index in [9.17, 15) is 8.42 Å². The van der Waals surface area contributed by atoms with E-state index >= 15 is 0 Å². The molecular formula is C10H15ClN2O2S2. The third-order valence-electron chi connectivity index (χ3n) is 2.13. The van der Waals surface area contributed by atoms with Gasteiger partial charge in [-0.1, -0.05) is 11.6 Å². The summed E-state index contributed by atoms with van der Waals surface area (Å²) in [7, 11) is -3.57. The van der Waals surface area contributed by atoms with Gasteiger partial charge in [0.1, 0.15) is 4.90 Å². The van der Waals surface area contributed by atoms with E-state index < -0.39 is 10.0 Å². The average Bonchev–Trinajstić information content (AvgIpc) is 2.26. The Morgan fingerprint density at radius 1 is 1.59 bits per heavy atom. The summed E-state index contributed by atoms with van der Waals surface area (Å²) in [5.41, 5.74) is 0. The molecule has 1 rings (SSSR count). The van der Waals surface area contributed by atoms with Crippen LogP contribution in [0.2, 0.25) is 5.02 Å². The van der Waals surface area contributed by atoms with Crippen molar-refractivity contribution in [3.8, 4) is 0 Å². The number of rotatable bonds is 6. The van der Waals surface area contributed by atoms with Crippen LogP contribution in [0, 0.1) is 0 Å². The van der Waals surface area contributed by atoms with Gasteiger partial charge in [0, 0.05) is 18.4 Å². The summed E-state index contributed by atoms with van der Waals surface area (Å²) in [4.78, 5) is 3.80. The van der Waals surface area contributed by atoms with Crippen LogP contribution in [-0.2, 0) is 10.0 Å². The molecule has 1 N–H and O–H groups in total. The minimum absolute atomic E-state index is 0.0256. The molecule has 1 atom stereocenters. The van der Waals surface area contributed by atoms with Crippen molar-refractivity contribution in [3.63, 3.8) is 0 Å². The van der Waals surface area contributed by atoms with Crippen molar-refractivity contribution in [1.82, 2.24) is 9.71 Å². The van der Waals surface area contributed by atoms with Gasteiger partial charge in [-0.05, 0) is 31.4 Å². The molecule has 0 aliphatic rings. The van der Waals surface area contributed by atoms with Gasteiger partial charge in [-0.15, -0.1) is 0 Å². The lowest BCUT2D eigenvalue weighted by molar-refractivity contribution is 0.557. The van der Waals surface area contributed by atoms with Gasteiger partial charge in [0.05, 0.1) is 5.02 Å². The number of pyridine rings is 1. The summed E-state index contributed by atoms with van der Waals surface area (Å²) in [5.74, 6) is 0.907. The van der Waals surface area contributed by atoms with Crippen molar-refractivity contribution in [2.75, 3.05) is 12.0 Å². The van der Waals surface area contributed by atoms with Crippen LogP contribution in [0.15, 0.2) is 23.4 Å². The molecule has 0 amide bonds. The number of hydrogen-bond donors (Lipinski definition) is 1. The lowest BCUT2D eigenvalue weighted by Gasteiger charge is -2.13. The number of aromatic nitrogens is 1. The lowest BCUT2D eigenvalue weighted by atomic mass is 10.3. The van der Waals surface area contributed by atoms with Crippen LogP contribution in [-0.4, -0.2) is 31.5 Å². The highest BCUT2D eigenvalue weighted by molar-refractivity contribution is 7.98. The molecule has 0 aromatic carbocycles. The van der Waals surface area contributed by atoms with E-state index in [2.05, 4.69) is 9.71 Å². The highest BCUT2D eigenvalue weighted by atomic mass is 35.5. The van der Waals surface area contributed by atoms with E-state index in [1.54, 1.807) is 11.8 Å². The fourth-order valence-corrected chi connectivity index (χ4v) is 3.54. The lowest BCUT2D eigenvalue weighted by Crippen LogP contribution is -2.33. The van der Waals surface area contributed by atoms with E-state index in [1.807, 2.05) is 13.2 Å². The third-order valence-corrected chi connectivity index (χ3v) is 4.84. The first-order valence-electron chi connectivity index (χ1n) is 5.08. The van der Waals surface area contributed by atoms with Gasteiger partial charge < -0.3 is 0 Å². The molecule has 1 heterocycles. The predicted molar refractivity (Wildman–Crippen MR) is 72.0 cm³/mol. The molecule has 96 valence electrons. The smallest absolute Gasteiger partial charge is 0.243 e. The largest absolute Gasteiger partial charge is 0.263 e. The van der Waals surface area contributed by atoms with Gasteiger partial charge in [0.2, 0.25) is 10.0 Å². The molecule has 0 saturated carbocycles. The number of nitrogens with zero attached hydrogens (tertiary/aromatic N) is 1. The number of sulfonamides is 1. The molecule has 1 unspecified atom stereocenters. The SMILES string of the molecule is CSCCC(C)NS(=O)(=O)c1cnccc1Cl. The van der Waals surface area contributed by atoms with Gasteiger partial charge in [-0.3, -0.25) is 4.98 Å². The third kappa shape index (κ3) is 4.46. The molecule has 0 bridgehead atoms. The first-order chi connectivity index (χ1) is 7.97. The maximum absolute atomic E-state index is 12.0. The van der Waals surface area contributed by atoms with Crippen LogP contribution in [0.5, 0.6) is 0 Å². The van der Waals surface area contributed by atoms with Crippen LogP contribution in [0.1, 0.15) is 13.3 Å². The topological polar surface area (TPSA) is 59.1 Å². The molecule has 0 saturated heterocycles. The normalized spacial score (nSPS) is 13.6. The highest BCUT2D eigenvalue weighted by Gasteiger charge is 2.20. The van der Waals surface area contributed by atoms with Crippen molar-refractivity contribution in [1.29, 1.82) is 0 Å². The van der Waals surface area contributed by atoms with Crippen LogP contribution < -0.4 is 4.72 Å². The second-order valence-corrected chi connectivity index (χ2v) is 6.69. The van der Waals surface area contributed by atoms with Crippen molar-refractivity contribution in [2.45, 2.75) is 24.3 Å². The Bertz CT molecular complexity index is 465. The van der Waals surface area contributed by atoms with Crippen molar-refractivity contribution >= 4 is 33.4 Å². The Labute approximate surface area is 111 Å². The van der Waals surface area contributed by atoms with Crippen molar-refractivity contribution in [2.24, 2.45) is 0 Å². The molecule has 0 aliphatic carbocycles. The fraction of sp³-hybridized carbons (Fsp3) is 0.500. The number of hydrogen-bond acceptors (Lipinski definition) is 4. The summed E-state index contributed by atoms with van der Waals surface area (Å²) in [5, 5.41) is 0.185. The molecule has 1 aromatic heterocycles. The Kier molecular flexibility index (Phi) is 5.72. The standard InChI is InChI=1S/C10H15ClN2O2S2/c1-8(4-6-16-2)13-17(14,15)10-7-12-5-3-9(10)11/h3,5,7-8,13H,4,6H2,1-2H3. The zero-order valence-electron chi connectivity index (χ0n) is 9.68. The van der Waals surface area contributed by atoms with Gasteiger partial charge in [0.15, 0.2) is 0 Å². The molecule has 7 heteroatoms. The number of nitrogens with one attached hydrogen (secondary N) is 1. The quantitative estimate of drug-likeness (QED) is 0.873. The number of thioether (sulfide) groups is 1. The van der Waals surface area contributed by atoms with Gasteiger partial charge in [-0.25, -0.2) is 13.1 Å². The molecule has 1 aromatic rings. The van der Waals surface area contributed by atoms with E-state index in [4.69, 9.17) is 11.6 Å². The molecule has 17 heavy (non-hydrogen) atoms. The summed E-state index contributed by atoms with van der Waals surface area (Å²) in [6, 6.07) is 1.34. The van der Waals surface area contributed by atoms with Crippen LogP contribution in [0.25, 0.3) is 0 Å². The minimum Gasteiger partial charge on any atom is -0.263 e. The van der Waals surface area contributed by atoms with Crippen molar-refractivity contribution in [3.05, 3.63) is 23.5 Å². The van der Waals surface area contributed by atoms with E-state index in [0.29, 0.717) is 0 Å². The van der Waals surface area contributed by atoms with Gasteiger partial charge in [0.25, 0.3) is 0 Å². The monoisotopic (exact) mass is 294 g/mol. The first-order valence-corrected chi connectivity index (χ1v) is 8.33. The summed E-state index contributed by atoms with van der Waals surface area (Å²) >= 11 is 7.51. The fourth-order valence-electron chi connectivity index (χ4n) is 1.24. The zero-order chi connectivity index (χ0) is 12.9. The Morgan fingerprint density at radius 3 is 2.88 bits per heavy atom.